The van der Waals surface area contributed by atoms with Crippen LogP contribution < -0.4 is 0 Å². The van der Waals surface area contributed by atoms with E-state index in [9.17, 15) is 4.21 Å². The van der Waals surface area contributed by atoms with Gasteiger partial charge in [-0.3, -0.25) is 4.21 Å². The van der Waals surface area contributed by atoms with Crippen molar-refractivity contribution in [3.63, 3.8) is 0 Å². The third-order valence-corrected chi connectivity index (χ3v) is 3.65. The fraction of sp³-hybridized carbons (Fsp3) is 0.400. The van der Waals surface area contributed by atoms with Crippen LogP contribution in [0.5, 0.6) is 0 Å². The average molecular weight is 196 g/mol. The molecule has 3 heteroatoms. The van der Waals surface area contributed by atoms with Gasteiger partial charge in [-0.15, -0.1) is 0 Å². The number of ether oxygens (including phenoxy) is 1. The van der Waals surface area contributed by atoms with Crippen LogP contribution in [0.4, 0.5) is 0 Å². The molecule has 13 heavy (non-hydrogen) atoms. The maximum absolute atomic E-state index is 11.6. The number of benzene rings is 1. The maximum Gasteiger partial charge on any atom is 0.157 e. The van der Waals surface area contributed by atoms with Crippen molar-refractivity contribution in [2.45, 2.75) is 11.9 Å². The number of hydrogen-bond donors (Lipinski definition) is 0. The first-order valence-corrected chi connectivity index (χ1v) is 5.80. The highest BCUT2D eigenvalue weighted by molar-refractivity contribution is 7.85. The Kier molecular flexibility index (Phi) is 2.76. The smallest absolute Gasteiger partial charge is 0.157 e. The van der Waals surface area contributed by atoms with Gasteiger partial charge in [-0.1, -0.05) is 30.3 Å². The zero-order valence-corrected chi connectivity index (χ0v) is 8.13. The summed E-state index contributed by atoms with van der Waals surface area (Å²) in [6.07, 6.45) is 0.913. The number of rotatable bonds is 1. The lowest BCUT2D eigenvalue weighted by Gasteiger charge is -2.22. The number of hydrogen-bond acceptors (Lipinski definition) is 2. The van der Waals surface area contributed by atoms with Crippen molar-refractivity contribution < 1.29 is 8.95 Å². The molecule has 1 heterocycles. The summed E-state index contributed by atoms with van der Waals surface area (Å²) in [7, 11) is -0.851. The van der Waals surface area contributed by atoms with Gasteiger partial charge < -0.3 is 4.74 Å². The Labute approximate surface area is 80.4 Å². The summed E-state index contributed by atoms with van der Waals surface area (Å²) >= 11 is 0. The highest BCUT2D eigenvalue weighted by Gasteiger charge is 2.22. The summed E-state index contributed by atoms with van der Waals surface area (Å²) in [4.78, 5) is 0. The molecule has 1 aromatic rings. The fourth-order valence-corrected chi connectivity index (χ4v) is 2.76. The summed E-state index contributed by atoms with van der Waals surface area (Å²) in [6.45, 7) is 0.727. The summed E-state index contributed by atoms with van der Waals surface area (Å²) in [5.41, 5.74) is 0.829. The molecule has 2 nitrogen and oxygen atoms in total. The molecule has 1 aliphatic rings. The Bertz CT molecular complexity index is 297. The zero-order chi connectivity index (χ0) is 9.10. The van der Waals surface area contributed by atoms with E-state index in [2.05, 4.69) is 0 Å². The zero-order valence-electron chi connectivity index (χ0n) is 7.31. The van der Waals surface area contributed by atoms with Crippen LogP contribution in [-0.4, -0.2) is 16.6 Å². The molecule has 0 spiro atoms. The highest BCUT2D eigenvalue weighted by atomic mass is 32.2. The van der Waals surface area contributed by atoms with E-state index in [1.54, 1.807) is 0 Å². The van der Waals surface area contributed by atoms with Gasteiger partial charge in [0.1, 0.15) is 0 Å². The van der Waals surface area contributed by atoms with Crippen molar-refractivity contribution >= 4 is 10.8 Å². The Morgan fingerprint density at radius 3 is 2.77 bits per heavy atom. The molecule has 0 aromatic heterocycles. The summed E-state index contributed by atoms with van der Waals surface area (Å²) < 4.78 is 17.1. The Hall–Kier alpha value is -0.670. The molecule has 1 fully saturated rings. The largest absolute Gasteiger partial charge is 0.360 e. The van der Waals surface area contributed by atoms with E-state index in [0.29, 0.717) is 0 Å². The molecule has 0 saturated carbocycles. The van der Waals surface area contributed by atoms with Gasteiger partial charge in [0.25, 0.3) is 0 Å². The van der Waals surface area contributed by atoms with Crippen LogP contribution in [0.25, 0.3) is 0 Å². The van der Waals surface area contributed by atoms with Gasteiger partial charge in [0.05, 0.1) is 10.8 Å². The van der Waals surface area contributed by atoms with Crippen molar-refractivity contribution in [3.8, 4) is 0 Å². The van der Waals surface area contributed by atoms with Gasteiger partial charge in [-0.05, 0) is 12.0 Å². The van der Waals surface area contributed by atoms with Gasteiger partial charge in [-0.2, -0.15) is 0 Å². The predicted molar refractivity (Wildman–Crippen MR) is 52.8 cm³/mol. The molecular weight excluding hydrogens is 184 g/mol. The molecule has 0 radical (unpaired) electrons. The second-order valence-electron chi connectivity index (χ2n) is 3.05. The van der Waals surface area contributed by atoms with Crippen LogP contribution in [0.15, 0.2) is 30.3 Å². The Morgan fingerprint density at radius 1 is 1.31 bits per heavy atom. The molecule has 0 aliphatic carbocycles. The second-order valence-corrected chi connectivity index (χ2v) is 4.65. The summed E-state index contributed by atoms with van der Waals surface area (Å²) in [5, 5.41) is 0. The van der Waals surface area contributed by atoms with Crippen LogP contribution in [-0.2, 0) is 15.5 Å². The predicted octanol–water partition coefficient (Wildman–Crippen LogP) is 1.85. The van der Waals surface area contributed by atoms with E-state index in [4.69, 9.17) is 4.74 Å². The van der Waals surface area contributed by atoms with E-state index in [1.165, 1.54) is 0 Å². The van der Waals surface area contributed by atoms with E-state index >= 15 is 0 Å². The van der Waals surface area contributed by atoms with Crippen molar-refractivity contribution in [1.82, 2.24) is 0 Å². The SMILES string of the molecule is O=[S@@]1CCCO[C@H]1c1ccccc1. The fourth-order valence-electron chi connectivity index (χ4n) is 1.43. The normalized spacial score (nSPS) is 28.6. The highest BCUT2D eigenvalue weighted by Crippen LogP contribution is 2.25. The third-order valence-electron chi connectivity index (χ3n) is 2.07. The molecule has 2 atom stereocenters. The van der Waals surface area contributed by atoms with Crippen molar-refractivity contribution in [3.05, 3.63) is 35.9 Å². The molecule has 0 bridgehead atoms. The molecule has 1 saturated heterocycles. The third kappa shape index (κ3) is 1.98. The van der Waals surface area contributed by atoms with Crippen molar-refractivity contribution in [1.29, 1.82) is 0 Å². The summed E-state index contributed by atoms with van der Waals surface area (Å²) in [6, 6.07) is 9.78. The monoisotopic (exact) mass is 196 g/mol. The lowest BCUT2D eigenvalue weighted by atomic mass is 10.2. The topological polar surface area (TPSA) is 26.3 Å². The summed E-state index contributed by atoms with van der Waals surface area (Å²) in [5.74, 6) is 0.763. The minimum atomic E-state index is -0.851. The van der Waals surface area contributed by atoms with Crippen LogP contribution in [0.3, 0.4) is 0 Å². The van der Waals surface area contributed by atoms with E-state index < -0.39 is 10.8 Å². The lowest BCUT2D eigenvalue weighted by molar-refractivity contribution is 0.101. The van der Waals surface area contributed by atoms with Crippen LogP contribution >= 0.6 is 0 Å². The van der Waals surface area contributed by atoms with Crippen LogP contribution in [0, 0.1) is 0 Å². The standard InChI is InChI=1S/C10H12O2S/c11-13-8-4-7-12-10(13)9-5-2-1-3-6-9/h1-3,5-6,10H,4,7-8H2/t10-,13-/m1/s1. The first-order chi connectivity index (χ1) is 6.38. The quantitative estimate of drug-likeness (QED) is 0.685. The molecule has 70 valence electrons. The van der Waals surface area contributed by atoms with Crippen LogP contribution in [0.2, 0.25) is 0 Å². The molecule has 0 unspecified atom stereocenters. The molecule has 1 aliphatic heterocycles. The van der Waals surface area contributed by atoms with E-state index in [-0.39, 0.29) is 5.44 Å². The van der Waals surface area contributed by atoms with Gasteiger partial charge in [-0.25, -0.2) is 0 Å². The Balaban J connectivity index is 2.20. The van der Waals surface area contributed by atoms with Crippen molar-refractivity contribution in [2.24, 2.45) is 0 Å². The minimum absolute atomic E-state index is 0.199. The average Bonchev–Trinajstić information content (AvgIpc) is 2.20. The molecule has 2 rings (SSSR count). The van der Waals surface area contributed by atoms with Gasteiger partial charge in [0.2, 0.25) is 0 Å². The van der Waals surface area contributed by atoms with Crippen LogP contribution in [0.1, 0.15) is 17.4 Å². The minimum Gasteiger partial charge on any atom is -0.360 e. The molecule has 0 N–H and O–H groups in total. The molecule has 0 amide bonds. The van der Waals surface area contributed by atoms with Crippen molar-refractivity contribution in [2.75, 3.05) is 12.4 Å². The van der Waals surface area contributed by atoms with Gasteiger partial charge >= 0.3 is 0 Å². The molecule has 1 aromatic carbocycles. The van der Waals surface area contributed by atoms with Gasteiger partial charge in [0, 0.05) is 12.4 Å². The Morgan fingerprint density at radius 2 is 2.08 bits per heavy atom. The lowest BCUT2D eigenvalue weighted by Crippen LogP contribution is -2.20. The maximum atomic E-state index is 11.6. The molecular formula is C10H12O2S. The van der Waals surface area contributed by atoms with E-state index in [0.717, 1.165) is 24.3 Å². The first kappa shape index (κ1) is 8.91. The van der Waals surface area contributed by atoms with E-state index in [1.807, 2.05) is 30.3 Å². The van der Waals surface area contributed by atoms with Gasteiger partial charge in [0.15, 0.2) is 5.44 Å². The second kappa shape index (κ2) is 4.03. The first-order valence-electron chi connectivity index (χ1n) is 4.41.